The summed E-state index contributed by atoms with van der Waals surface area (Å²) in [5.41, 5.74) is 11.2. The lowest BCUT2D eigenvalue weighted by Gasteiger charge is -2.14. The maximum Gasteiger partial charge on any atom is 0.0933 e. The number of pyridine rings is 2. The Hall–Kier alpha value is -6.26. The van der Waals surface area contributed by atoms with Gasteiger partial charge in [-0.1, -0.05) is 97.1 Å². The van der Waals surface area contributed by atoms with Gasteiger partial charge in [-0.3, -0.25) is 4.98 Å². The molecule has 4 aromatic heterocycles. The van der Waals surface area contributed by atoms with E-state index in [1.807, 2.05) is 10.6 Å². The van der Waals surface area contributed by atoms with Crippen LogP contribution in [-0.4, -0.2) is 19.2 Å². The first-order valence-electron chi connectivity index (χ1n) is 15.6. The molecule has 10 rings (SSSR count). The summed E-state index contributed by atoms with van der Waals surface area (Å²) in [5, 5.41) is 12.0. The molecule has 0 unspecified atom stereocenters. The first kappa shape index (κ1) is 25.1. The number of nitrogens with zero attached hydrogens (tertiary/aromatic N) is 4. The zero-order chi connectivity index (χ0) is 30.2. The number of para-hydroxylation sites is 3. The Balaban J connectivity index is 1.30. The molecule has 0 saturated heterocycles. The zero-order valence-corrected chi connectivity index (χ0v) is 24.8. The standard InChI is InChI=1S/C42H26N4/c1-2-13-30(14-3-1)46-39-20-9-6-17-33(39)42-40(46)24-34-31-15-4-7-18-36(31)43-25-35(34)41(42)28-12-10-11-27(23-28)29-21-22-38-32-16-5-8-19-37(32)44-45(38)26-29/h1-26H. The lowest BCUT2D eigenvalue weighted by atomic mass is 9.91. The minimum absolute atomic E-state index is 0.997. The van der Waals surface area contributed by atoms with Gasteiger partial charge in [-0.15, -0.1) is 0 Å². The van der Waals surface area contributed by atoms with Gasteiger partial charge < -0.3 is 4.57 Å². The van der Waals surface area contributed by atoms with Crippen LogP contribution in [0.15, 0.2) is 158 Å². The molecule has 0 aliphatic rings. The fraction of sp³-hybridized carbons (Fsp3) is 0. The molecule has 0 fully saturated rings. The SMILES string of the molecule is c1ccc(-n2c3ccccc3c3c(-c4cccc(-c5ccc6c7ccccc7nn6c5)c4)c4cnc5ccccc5c4cc32)cc1. The van der Waals surface area contributed by atoms with Crippen molar-refractivity contribution in [3.05, 3.63) is 158 Å². The van der Waals surface area contributed by atoms with Crippen LogP contribution in [0.4, 0.5) is 0 Å². The van der Waals surface area contributed by atoms with Crippen molar-refractivity contribution in [3.63, 3.8) is 0 Å². The van der Waals surface area contributed by atoms with Crippen LogP contribution < -0.4 is 0 Å². The van der Waals surface area contributed by atoms with Crippen LogP contribution in [-0.2, 0) is 0 Å². The Morgan fingerprint density at radius 3 is 2.07 bits per heavy atom. The minimum Gasteiger partial charge on any atom is -0.309 e. The molecule has 0 aliphatic heterocycles. The normalized spacial score (nSPS) is 11.9. The van der Waals surface area contributed by atoms with Crippen molar-refractivity contribution >= 4 is 59.9 Å². The Morgan fingerprint density at radius 2 is 1.17 bits per heavy atom. The molecule has 0 radical (unpaired) electrons. The van der Waals surface area contributed by atoms with Gasteiger partial charge in [0, 0.05) is 56.1 Å². The summed E-state index contributed by atoms with van der Waals surface area (Å²) in [4.78, 5) is 4.96. The topological polar surface area (TPSA) is 35.1 Å². The molecule has 0 bridgehead atoms. The summed E-state index contributed by atoms with van der Waals surface area (Å²) >= 11 is 0. The van der Waals surface area contributed by atoms with Gasteiger partial charge in [-0.05, 0) is 65.0 Å². The summed E-state index contributed by atoms with van der Waals surface area (Å²) in [5.74, 6) is 0. The summed E-state index contributed by atoms with van der Waals surface area (Å²) in [6.07, 6.45) is 4.21. The average Bonchev–Trinajstić information content (AvgIpc) is 3.66. The van der Waals surface area contributed by atoms with Crippen molar-refractivity contribution in [1.29, 1.82) is 0 Å². The smallest absolute Gasteiger partial charge is 0.0933 e. The number of hydrogen-bond acceptors (Lipinski definition) is 2. The third-order valence-corrected chi connectivity index (χ3v) is 9.35. The molecule has 0 amide bonds. The van der Waals surface area contributed by atoms with E-state index < -0.39 is 0 Å². The number of hydrogen-bond donors (Lipinski definition) is 0. The summed E-state index contributed by atoms with van der Waals surface area (Å²) in [6, 6.07) is 51.9. The van der Waals surface area contributed by atoms with Gasteiger partial charge in [0.05, 0.1) is 27.6 Å². The van der Waals surface area contributed by atoms with Crippen molar-refractivity contribution in [3.8, 4) is 27.9 Å². The van der Waals surface area contributed by atoms with Crippen molar-refractivity contribution in [2.45, 2.75) is 0 Å². The third kappa shape index (κ3) is 3.61. The lowest BCUT2D eigenvalue weighted by Crippen LogP contribution is -1.94. The largest absolute Gasteiger partial charge is 0.309 e. The molecule has 4 heterocycles. The molecular formula is C42H26N4. The molecule has 6 aromatic carbocycles. The van der Waals surface area contributed by atoms with Gasteiger partial charge in [0.25, 0.3) is 0 Å². The Morgan fingerprint density at radius 1 is 0.435 bits per heavy atom. The van der Waals surface area contributed by atoms with Crippen molar-refractivity contribution < 1.29 is 0 Å². The molecule has 0 N–H and O–H groups in total. The first-order chi connectivity index (χ1) is 22.8. The summed E-state index contributed by atoms with van der Waals surface area (Å²) in [7, 11) is 0. The van der Waals surface area contributed by atoms with Crippen LogP contribution in [0, 0.1) is 0 Å². The van der Waals surface area contributed by atoms with Gasteiger partial charge in [0.15, 0.2) is 0 Å². The first-order valence-corrected chi connectivity index (χ1v) is 15.6. The number of benzene rings is 6. The highest BCUT2D eigenvalue weighted by Crippen LogP contribution is 2.44. The second-order valence-electron chi connectivity index (χ2n) is 11.9. The van der Waals surface area contributed by atoms with Crippen molar-refractivity contribution in [2.24, 2.45) is 0 Å². The minimum atomic E-state index is 0.997. The molecule has 4 heteroatoms. The molecule has 0 spiro atoms. The molecule has 10 aromatic rings. The zero-order valence-electron chi connectivity index (χ0n) is 24.8. The highest BCUT2D eigenvalue weighted by Gasteiger charge is 2.20. The van der Waals surface area contributed by atoms with Crippen LogP contribution >= 0.6 is 0 Å². The molecule has 46 heavy (non-hydrogen) atoms. The van der Waals surface area contributed by atoms with E-state index in [1.54, 1.807) is 0 Å². The van der Waals surface area contributed by atoms with Crippen LogP contribution in [0.1, 0.15) is 0 Å². The van der Waals surface area contributed by atoms with E-state index in [2.05, 4.69) is 156 Å². The van der Waals surface area contributed by atoms with Crippen molar-refractivity contribution in [2.75, 3.05) is 0 Å². The van der Waals surface area contributed by atoms with E-state index in [0.717, 1.165) is 55.1 Å². The van der Waals surface area contributed by atoms with Gasteiger partial charge in [0.1, 0.15) is 0 Å². The van der Waals surface area contributed by atoms with E-state index >= 15 is 0 Å². The third-order valence-electron chi connectivity index (χ3n) is 9.35. The summed E-state index contributed by atoms with van der Waals surface area (Å²) in [6.45, 7) is 0. The Kier molecular flexibility index (Phi) is 5.25. The van der Waals surface area contributed by atoms with Gasteiger partial charge in [-0.2, -0.15) is 5.10 Å². The van der Waals surface area contributed by atoms with Crippen LogP contribution in [0.3, 0.4) is 0 Å². The predicted molar refractivity (Wildman–Crippen MR) is 191 cm³/mol. The maximum absolute atomic E-state index is 4.96. The molecule has 0 atom stereocenters. The molecule has 0 aliphatic carbocycles. The van der Waals surface area contributed by atoms with Gasteiger partial charge in [-0.25, -0.2) is 4.52 Å². The number of aromatic nitrogens is 4. The fourth-order valence-corrected chi connectivity index (χ4v) is 7.31. The highest BCUT2D eigenvalue weighted by atomic mass is 15.2. The van der Waals surface area contributed by atoms with Crippen molar-refractivity contribution in [1.82, 2.24) is 19.2 Å². The number of rotatable bonds is 3. The second-order valence-corrected chi connectivity index (χ2v) is 11.9. The lowest BCUT2D eigenvalue weighted by molar-refractivity contribution is 0.983. The van der Waals surface area contributed by atoms with Gasteiger partial charge >= 0.3 is 0 Å². The highest BCUT2D eigenvalue weighted by molar-refractivity contribution is 6.26. The Labute approximate surface area is 264 Å². The average molecular weight is 587 g/mol. The van der Waals surface area contributed by atoms with E-state index in [4.69, 9.17) is 10.1 Å². The second kappa shape index (κ2) is 9.62. The fourth-order valence-electron chi connectivity index (χ4n) is 7.31. The maximum atomic E-state index is 4.96. The van der Waals surface area contributed by atoms with E-state index in [-0.39, 0.29) is 0 Å². The molecular weight excluding hydrogens is 560 g/mol. The number of fused-ring (bicyclic) bond motifs is 9. The van der Waals surface area contributed by atoms with Crippen LogP contribution in [0.5, 0.6) is 0 Å². The monoisotopic (exact) mass is 586 g/mol. The van der Waals surface area contributed by atoms with E-state index in [9.17, 15) is 0 Å². The Bertz CT molecular complexity index is 2810. The van der Waals surface area contributed by atoms with Crippen LogP contribution in [0.25, 0.3) is 87.8 Å². The molecule has 214 valence electrons. The molecule has 4 nitrogen and oxygen atoms in total. The predicted octanol–water partition coefficient (Wildman–Crippen LogP) is 10.6. The quantitative estimate of drug-likeness (QED) is 0.193. The van der Waals surface area contributed by atoms with Crippen LogP contribution in [0.2, 0.25) is 0 Å². The van der Waals surface area contributed by atoms with E-state index in [0.29, 0.717) is 0 Å². The molecule has 0 saturated carbocycles. The van der Waals surface area contributed by atoms with E-state index in [1.165, 1.54) is 32.8 Å². The summed E-state index contributed by atoms with van der Waals surface area (Å²) < 4.78 is 4.41. The van der Waals surface area contributed by atoms with Gasteiger partial charge in [0.2, 0.25) is 0 Å².